The Balaban J connectivity index is 2.72. The maximum absolute atomic E-state index is 10.7. The first-order valence-corrected chi connectivity index (χ1v) is 5.65. The molecule has 1 aromatic rings. The Bertz CT molecular complexity index is 409. The molecule has 14 heavy (non-hydrogen) atoms. The molecule has 0 aliphatic heterocycles. The van der Waals surface area contributed by atoms with Crippen molar-refractivity contribution in [2.75, 3.05) is 13.4 Å². The zero-order valence-corrected chi connectivity index (χ0v) is 9.04. The highest BCUT2D eigenvalue weighted by molar-refractivity contribution is 7.85. The second-order valence-corrected chi connectivity index (χ2v) is 4.41. The molecule has 0 aromatic carbocycles. The summed E-state index contributed by atoms with van der Waals surface area (Å²) < 4.78 is 32.4. The van der Waals surface area contributed by atoms with Gasteiger partial charge in [0.05, 0.1) is 19.1 Å². The molecule has 0 bridgehead atoms. The van der Waals surface area contributed by atoms with Crippen molar-refractivity contribution < 1.29 is 17.3 Å². The van der Waals surface area contributed by atoms with Gasteiger partial charge in [-0.1, -0.05) is 0 Å². The first kappa shape index (κ1) is 11.0. The van der Waals surface area contributed by atoms with Gasteiger partial charge in [-0.3, -0.25) is 8.86 Å². The lowest BCUT2D eigenvalue weighted by molar-refractivity contribution is 0.301. The Kier molecular flexibility index (Phi) is 3.12. The number of methoxy groups -OCH3 is 1. The molecule has 6 nitrogen and oxygen atoms in total. The molecule has 1 rings (SSSR count). The molecule has 1 heterocycles. The number of aryl methyl sites for hydroxylation is 1. The maximum Gasteiger partial charge on any atom is 0.264 e. The van der Waals surface area contributed by atoms with Gasteiger partial charge in [0.1, 0.15) is 6.61 Å². The minimum atomic E-state index is -3.42. The van der Waals surface area contributed by atoms with Gasteiger partial charge in [0, 0.05) is 13.1 Å². The molecule has 0 saturated heterocycles. The van der Waals surface area contributed by atoms with Crippen LogP contribution in [0.2, 0.25) is 0 Å². The smallest absolute Gasteiger partial charge is 0.264 e. The lowest BCUT2D eigenvalue weighted by Crippen LogP contribution is -2.06. The molecular formula is C7H12N2O4S. The monoisotopic (exact) mass is 220 g/mol. The number of aromatic nitrogens is 2. The number of ether oxygens (including phenoxy) is 1. The van der Waals surface area contributed by atoms with Crippen LogP contribution in [-0.4, -0.2) is 31.6 Å². The Morgan fingerprint density at radius 2 is 2.21 bits per heavy atom. The van der Waals surface area contributed by atoms with Gasteiger partial charge in [0.2, 0.25) is 5.88 Å². The van der Waals surface area contributed by atoms with Crippen LogP contribution in [0.5, 0.6) is 5.88 Å². The third kappa shape index (κ3) is 3.00. The second kappa shape index (κ2) is 3.97. The van der Waals surface area contributed by atoms with Gasteiger partial charge in [-0.15, -0.1) is 5.10 Å². The van der Waals surface area contributed by atoms with Crippen LogP contribution in [0, 0.1) is 0 Å². The summed E-state index contributed by atoms with van der Waals surface area (Å²) in [6.07, 6.45) is 1.00. The van der Waals surface area contributed by atoms with Crippen LogP contribution in [-0.2, 0) is 28.0 Å². The maximum atomic E-state index is 10.7. The summed E-state index contributed by atoms with van der Waals surface area (Å²) in [6.45, 7) is -0.0360. The van der Waals surface area contributed by atoms with E-state index >= 15 is 0 Å². The van der Waals surface area contributed by atoms with Gasteiger partial charge in [0.15, 0.2) is 0 Å². The minimum absolute atomic E-state index is 0.0360. The largest absolute Gasteiger partial charge is 0.480 e. The summed E-state index contributed by atoms with van der Waals surface area (Å²) in [7, 11) is -0.245. The molecule has 0 atom stereocenters. The van der Waals surface area contributed by atoms with Crippen molar-refractivity contribution in [3.05, 3.63) is 11.8 Å². The SMILES string of the molecule is COc1cc(COS(C)(=O)=O)n(C)n1. The molecule has 0 saturated carbocycles. The van der Waals surface area contributed by atoms with Gasteiger partial charge in [0.25, 0.3) is 10.1 Å². The number of rotatable bonds is 4. The van der Waals surface area contributed by atoms with E-state index in [1.165, 1.54) is 11.8 Å². The van der Waals surface area contributed by atoms with E-state index in [4.69, 9.17) is 4.74 Å². The quantitative estimate of drug-likeness (QED) is 0.663. The van der Waals surface area contributed by atoms with E-state index in [0.29, 0.717) is 11.6 Å². The number of nitrogens with zero attached hydrogens (tertiary/aromatic N) is 2. The summed E-state index contributed by atoms with van der Waals surface area (Å²) in [6, 6.07) is 1.62. The van der Waals surface area contributed by atoms with Crippen LogP contribution in [0.15, 0.2) is 6.07 Å². The minimum Gasteiger partial charge on any atom is -0.480 e. The van der Waals surface area contributed by atoms with Crippen LogP contribution in [0.4, 0.5) is 0 Å². The van der Waals surface area contributed by atoms with Gasteiger partial charge >= 0.3 is 0 Å². The Labute approximate surface area is 82.6 Å². The summed E-state index contributed by atoms with van der Waals surface area (Å²) in [4.78, 5) is 0. The highest BCUT2D eigenvalue weighted by atomic mass is 32.2. The van der Waals surface area contributed by atoms with E-state index in [0.717, 1.165) is 6.26 Å². The van der Waals surface area contributed by atoms with Crippen molar-refractivity contribution in [3.8, 4) is 5.88 Å². The van der Waals surface area contributed by atoms with E-state index in [9.17, 15) is 8.42 Å². The molecule has 80 valence electrons. The van der Waals surface area contributed by atoms with Gasteiger partial charge in [-0.2, -0.15) is 8.42 Å². The zero-order chi connectivity index (χ0) is 10.8. The summed E-state index contributed by atoms with van der Waals surface area (Å²) in [5.41, 5.74) is 0.632. The lowest BCUT2D eigenvalue weighted by atomic mass is 10.4. The third-order valence-corrected chi connectivity index (χ3v) is 2.13. The lowest BCUT2D eigenvalue weighted by Gasteiger charge is -2.00. The van der Waals surface area contributed by atoms with E-state index in [1.54, 1.807) is 13.1 Å². The molecule has 0 aliphatic rings. The van der Waals surface area contributed by atoms with Crippen LogP contribution in [0.25, 0.3) is 0 Å². The fourth-order valence-corrected chi connectivity index (χ4v) is 1.21. The average molecular weight is 220 g/mol. The normalized spacial score (nSPS) is 11.6. The van der Waals surface area contributed by atoms with Crippen LogP contribution >= 0.6 is 0 Å². The second-order valence-electron chi connectivity index (χ2n) is 2.77. The summed E-state index contributed by atoms with van der Waals surface area (Å²) in [5.74, 6) is 0.430. The van der Waals surface area contributed by atoms with Crippen LogP contribution in [0.3, 0.4) is 0 Å². The Morgan fingerprint density at radius 3 is 2.64 bits per heavy atom. The highest BCUT2D eigenvalue weighted by Gasteiger charge is 2.08. The molecule has 0 radical (unpaired) electrons. The molecule has 0 amide bonds. The van der Waals surface area contributed by atoms with E-state index in [2.05, 4.69) is 9.28 Å². The van der Waals surface area contributed by atoms with E-state index in [-0.39, 0.29) is 6.61 Å². The van der Waals surface area contributed by atoms with Gasteiger partial charge in [-0.25, -0.2) is 0 Å². The summed E-state index contributed by atoms with van der Waals surface area (Å²) >= 11 is 0. The predicted octanol–water partition coefficient (Wildman–Crippen LogP) is -0.0951. The zero-order valence-electron chi connectivity index (χ0n) is 8.22. The van der Waals surface area contributed by atoms with E-state index in [1.807, 2.05) is 0 Å². The number of hydrogen-bond donors (Lipinski definition) is 0. The fourth-order valence-electron chi connectivity index (χ4n) is 0.879. The Hall–Kier alpha value is -1.08. The summed E-state index contributed by atoms with van der Waals surface area (Å²) in [5, 5.41) is 3.95. The topological polar surface area (TPSA) is 70.4 Å². The predicted molar refractivity (Wildman–Crippen MR) is 49.4 cm³/mol. The third-order valence-electron chi connectivity index (χ3n) is 1.58. The van der Waals surface area contributed by atoms with Gasteiger partial charge < -0.3 is 4.74 Å². The molecule has 1 aromatic heterocycles. The number of hydrogen-bond acceptors (Lipinski definition) is 5. The molecular weight excluding hydrogens is 208 g/mol. The van der Waals surface area contributed by atoms with Crippen molar-refractivity contribution in [2.24, 2.45) is 7.05 Å². The standard InChI is InChI=1S/C7H12N2O4S/c1-9-6(4-7(8-9)12-2)5-13-14(3,10)11/h4H,5H2,1-3H3. The fraction of sp³-hybridized carbons (Fsp3) is 0.571. The highest BCUT2D eigenvalue weighted by Crippen LogP contribution is 2.11. The Morgan fingerprint density at radius 1 is 1.57 bits per heavy atom. The van der Waals surface area contributed by atoms with Crippen molar-refractivity contribution in [3.63, 3.8) is 0 Å². The van der Waals surface area contributed by atoms with Crippen molar-refractivity contribution >= 4 is 10.1 Å². The molecule has 0 spiro atoms. The molecule has 0 aliphatic carbocycles. The molecule has 0 unspecified atom stereocenters. The molecule has 0 N–H and O–H groups in total. The average Bonchev–Trinajstić information content (AvgIpc) is 2.42. The van der Waals surface area contributed by atoms with Crippen molar-refractivity contribution in [2.45, 2.75) is 6.61 Å². The van der Waals surface area contributed by atoms with Crippen LogP contribution < -0.4 is 4.74 Å². The van der Waals surface area contributed by atoms with Gasteiger partial charge in [-0.05, 0) is 0 Å². The van der Waals surface area contributed by atoms with Crippen molar-refractivity contribution in [1.82, 2.24) is 9.78 Å². The first-order chi connectivity index (χ1) is 6.42. The van der Waals surface area contributed by atoms with Crippen LogP contribution in [0.1, 0.15) is 5.69 Å². The first-order valence-electron chi connectivity index (χ1n) is 3.83. The molecule has 7 heteroatoms. The van der Waals surface area contributed by atoms with E-state index < -0.39 is 10.1 Å². The van der Waals surface area contributed by atoms with Crippen molar-refractivity contribution in [1.29, 1.82) is 0 Å². The molecule has 0 fully saturated rings.